The SMILES string of the molecule is Cc1c(CC(=O)O)c(=O)oc2cc(NS(=O)(=O)c3ccc([N+](=O)[O-])cn3)ccc12. The minimum Gasteiger partial charge on any atom is -0.481 e. The summed E-state index contributed by atoms with van der Waals surface area (Å²) in [6.45, 7) is 1.57. The Morgan fingerprint density at radius 3 is 2.62 bits per heavy atom. The van der Waals surface area contributed by atoms with Gasteiger partial charge in [0.05, 0.1) is 22.6 Å². The van der Waals surface area contributed by atoms with E-state index < -0.39 is 38.0 Å². The van der Waals surface area contributed by atoms with Crippen LogP contribution in [0.25, 0.3) is 11.0 Å². The first-order valence-electron chi connectivity index (χ1n) is 8.00. The fourth-order valence-corrected chi connectivity index (χ4v) is 3.64. The van der Waals surface area contributed by atoms with Crippen molar-refractivity contribution in [3.63, 3.8) is 0 Å². The molecule has 0 radical (unpaired) electrons. The summed E-state index contributed by atoms with van der Waals surface area (Å²) >= 11 is 0. The van der Waals surface area contributed by atoms with Gasteiger partial charge in [-0.05, 0) is 30.7 Å². The summed E-state index contributed by atoms with van der Waals surface area (Å²) in [5, 5.41) is 19.6. The Kier molecular flexibility index (Phi) is 5.03. The molecule has 0 unspecified atom stereocenters. The molecule has 2 aromatic heterocycles. The van der Waals surface area contributed by atoms with Gasteiger partial charge in [0.25, 0.3) is 15.7 Å². The largest absolute Gasteiger partial charge is 0.481 e. The molecule has 12 heteroatoms. The predicted octanol–water partition coefficient (Wildman–Crippen LogP) is 1.83. The highest BCUT2D eigenvalue weighted by molar-refractivity contribution is 7.92. The number of benzene rings is 1. The Labute approximate surface area is 162 Å². The Bertz CT molecular complexity index is 1300. The van der Waals surface area contributed by atoms with E-state index in [2.05, 4.69) is 9.71 Å². The van der Waals surface area contributed by atoms with Crippen LogP contribution in [0, 0.1) is 17.0 Å². The van der Waals surface area contributed by atoms with E-state index in [1.165, 1.54) is 18.2 Å². The summed E-state index contributed by atoms with van der Waals surface area (Å²) in [5.41, 5.74) is -0.623. The molecule has 0 aliphatic rings. The third-order valence-corrected chi connectivity index (χ3v) is 5.37. The number of sulfonamides is 1. The lowest BCUT2D eigenvalue weighted by Gasteiger charge is -2.10. The Hall–Kier alpha value is -3.80. The zero-order chi connectivity index (χ0) is 21.3. The first-order valence-corrected chi connectivity index (χ1v) is 9.48. The van der Waals surface area contributed by atoms with Gasteiger partial charge in [0.2, 0.25) is 0 Å². The average Bonchev–Trinajstić information content (AvgIpc) is 2.64. The van der Waals surface area contributed by atoms with Gasteiger partial charge in [0.15, 0.2) is 5.03 Å². The smallest absolute Gasteiger partial charge is 0.340 e. The minimum absolute atomic E-state index is 0.00779. The number of nitrogens with zero attached hydrogens (tertiary/aromatic N) is 2. The monoisotopic (exact) mass is 419 g/mol. The van der Waals surface area contributed by atoms with Crippen LogP contribution in [0.3, 0.4) is 0 Å². The van der Waals surface area contributed by atoms with Gasteiger partial charge in [-0.25, -0.2) is 9.78 Å². The van der Waals surface area contributed by atoms with E-state index in [4.69, 9.17) is 9.52 Å². The first kappa shape index (κ1) is 19.9. The Morgan fingerprint density at radius 1 is 1.31 bits per heavy atom. The Balaban J connectivity index is 1.97. The first-order chi connectivity index (χ1) is 13.6. The van der Waals surface area contributed by atoms with Crippen molar-refractivity contribution in [1.82, 2.24) is 4.98 Å². The number of aliphatic carboxylic acids is 1. The number of hydrogen-bond donors (Lipinski definition) is 2. The topological polar surface area (TPSA) is 170 Å². The lowest BCUT2D eigenvalue weighted by atomic mass is 10.0. The summed E-state index contributed by atoms with van der Waals surface area (Å²) in [6.07, 6.45) is 0.325. The molecule has 0 saturated carbocycles. The highest BCUT2D eigenvalue weighted by atomic mass is 32.2. The van der Waals surface area contributed by atoms with Crippen molar-refractivity contribution >= 4 is 38.3 Å². The number of pyridine rings is 1. The van der Waals surface area contributed by atoms with Crippen LogP contribution in [0.1, 0.15) is 11.1 Å². The van der Waals surface area contributed by atoms with Crippen LogP contribution in [-0.4, -0.2) is 29.4 Å². The molecular weight excluding hydrogens is 406 g/mol. The number of hydrogen-bond acceptors (Lipinski definition) is 8. The van der Waals surface area contributed by atoms with Crippen molar-refractivity contribution in [3.05, 3.63) is 68.2 Å². The molecular formula is C17H13N3O8S. The van der Waals surface area contributed by atoms with Gasteiger partial charge in [0, 0.05) is 17.5 Å². The third kappa shape index (κ3) is 4.06. The summed E-state index contributed by atoms with van der Waals surface area (Å²) in [6, 6.07) is 6.17. The van der Waals surface area contributed by atoms with Crippen LogP contribution in [0.15, 0.2) is 50.8 Å². The number of rotatable bonds is 6. The van der Waals surface area contributed by atoms with Gasteiger partial charge >= 0.3 is 11.6 Å². The van der Waals surface area contributed by atoms with E-state index in [1.54, 1.807) is 6.92 Å². The molecule has 0 amide bonds. The van der Waals surface area contributed by atoms with E-state index in [1.807, 2.05) is 0 Å². The summed E-state index contributed by atoms with van der Waals surface area (Å²) in [7, 11) is -4.15. The predicted molar refractivity (Wildman–Crippen MR) is 100 cm³/mol. The third-order valence-electron chi connectivity index (χ3n) is 4.07. The van der Waals surface area contributed by atoms with E-state index in [9.17, 15) is 28.1 Å². The molecule has 2 N–H and O–H groups in total. The second-order valence-electron chi connectivity index (χ2n) is 5.99. The van der Waals surface area contributed by atoms with Crippen molar-refractivity contribution in [2.75, 3.05) is 4.72 Å². The van der Waals surface area contributed by atoms with Crippen LogP contribution in [0.4, 0.5) is 11.4 Å². The lowest BCUT2D eigenvalue weighted by molar-refractivity contribution is -0.385. The fraction of sp³-hybridized carbons (Fsp3) is 0.118. The summed E-state index contributed by atoms with van der Waals surface area (Å²) < 4.78 is 32.2. The molecule has 0 fully saturated rings. The van der Waals surface area contributed by atoms with Crippen LogP contribution >= 0.6 is 0 Å². The van der Waals surface area contributed by atoms with Crippen molar-refractivity contribution in [3.8, 4) is 0 Å². The molecule has 11 nitrogen and oxygen atoms in total. The standard InChI is InChI=1S/C17H13N3O8S/c1-9-12-4-2-10(6-14(12)28-17(23)13(9)7-16(21)22)19-29(26,27)15-5-3-11(8-18-15)20(24)25/h2-6,8,19H,7H2,1H3,(H,21,22). The minimum atomic E-state index is -4.15. The molecule has 1 aromatic carbocycles. The number of aryl methyl sites for hydroxylation is 1. The van der Waals surface area contributed by atoms with Gasteiger partial charge in [-0.1, -0.05) is 0 Å². The van der Waals surface area contributed by atoms with E-state index in [0.717, 1.165) is 18.3 Å². The van der Waals surface area contributed by atoms with Crippen LogP contribution < -0.4 is 10.3 Å². The maximum absolute atomic E-state index is 12.4. The number of fused-ring (bicyclic) bond motifs is 1. The fourth-order valence-electron chi connectivity index (χ4n) is 2.66. The number of carboxylic acid groups (broad SMARTS) is 1. The van der Waals surface area contributed by atoms with Crippen molar-refractivity contribution < 1.29 is 27.7 Å². The second kappa shape index (κ2) is 7.31. The zero-order valence-electron chi connectivity index (χ0n) is 14.8. The molecule has 0 atom stereocenters. The van der Waals surface area contributed by atoms with Gasteiger partial charge in [-0.3, -0.25) is 19.6 Å². The molecule has 29 heavy (non-hydrogen) atoms. The van der Waals surface area contributed by atoms with Crippen molar-refractivity contribution in [2.24, 2.45) is 0 Å². The van der Waals surface area contributed by atoms with Gasteiger partial charge in [-0.15, -0.1) is 0 Å². The van der Waals surface area contributed by atoms with E-state index in [-0.39, 0.29) is 22.5 Å². The molecule has 0 spiro atoms. The molecule has 150 valence electrons. The summed E-state index contributed by atoms with van der Waals surface area (Å²) in [5.74, 6) is -1.18. The lowest BCUT2D eigenvalue weighted by Crippen LogP contribution is -2.16. The number of anilines is 1. The molecule has 0 aliphatic heterocycles. The maximum atomic E-state index is 12.4. The molecule has 0 bridgehead atoms. The number of carbonyl (C=O) groups is 1. The van der Waals surface area contributed by atoms with E-state index >= 15 is 0 Å². The summed E-state index contributed by atoms with van der Waals surface area (Å²) in [4.78, 5) is 36.5. The van der Waals surface area contributed by atoms with Crippen molar-refractivity contribution in [1.29, 1.82) is 0 Å². The molecule has 0 saturated heterocycles. The van der Waals surface area contributed by atoms with Crippen molar-refractivity contribution in [2.45, 2.75) is 18.4 Å². The van der Waals surface area contributed by atoms with Gasteiger partial charge < -0.3 is 9.52 Å². The maximum Gasteiger partial charge on any atom is 0.340 e. The zero-order valence-corrected chi connectivity index (χ0v) is 15.6. The Morgan fingerprint density at radius 2 is 2.03 bits per heavy atom. The second-order valence-corrected chi connectivity index (χ2v) is 7.62. The van der Waals surface area contributed by atoms with Crippen LogP contribution in [0.5, 0.6) is 0 Å². The van der Waals surface area contributed by atoms with Crippen LogP contribution in [-0.2, 0) is 21.2 Å². The number of carboxylic acids is 1. The van der Waals surface area contributed by atoms with E-state index in [0.29, 0.717) is 10.9 Å². The van der Waals surface area contributed by atoms with Crippen LogP contribution in [0.2, 0.25) is 0 Å². The quantitative estimate of drug-likeness (QED) is 0.344. The average molecular weight is 419 g/mol. The molecule has 2 heterocycles. The number of aromatic nitrogens is 1. The number of nitro groups is 1. The molecule has 0 aliphatic carbocycles. The molecule has 3 rings (SSSR count). The van der Waals surface area contributed by atoms with Gasteiger partial charge in [0.1, 0.15) is 11.8 Å². The highest BCUT2D eigenvalue weighted by Crippen LogP contribution is 2.25. The molecule has 3 aromatic rings. The number of nitrogens with one attached hydrogen (secondary N) is 1. The normalized spacial score (nSPS) is 11.3. The van der Waals surface area contributed by atoms with Gasteiger partial charge in [-0.2, -0.15) is 8.42 Å². The highest BCUT2D eigenvalue weighted by Gasteiger charge is 2.19.